The lowest BCUT2D eigenvalue weighted by Crippen LogP contribution is -2.37. The van der Waals surface area contributed by atoms with E-state index in [0.717, 1.165) is 11.6 Å². The second-order valence-corrected chi connectivity index (χ2v) is 7.16. The molecule has 90 valence electrons. The number of fused-ring (bicyclic) bond motifs is 7. The van der Waals surface area contributed by atoms with Crippen molar-refractivity contribution in [3.8, 4) is 0 Å². The van der Waals surface area contributed by atoms with Crippen LogP contribution in [0.1, 0.15) is 36.3 Å². The van der Waals surface area contributed by atoms with Crippen molar-refractivity contribution >= 4 is 16.7 Å². The Balaban J connectivity index is 1.88. The number of aryl methyl sites for hydroxylation is 1. The van der Waals surface area contributed by atoms with E-state index in [-0.39, 0.29) is 0 Å². The van der Waals surface area contributed by atoms with Crippen molar-refractivity contribution in [3.63, 3.8) is 0 Å². The second-order valence-electron chi connectivity index (χ2n) is 5.81. The first-order valence-corrected chi connectivity index (χ1v) is 7.73. The van der Waals surface area contributed by atoms with E-state index < -0.39 is 11.0 Å². The molecule has 5 atom stereocenters. The van der Waals surface area contributed by atoms with Gasteiger partial charge in [0.1, 0.15) is 11.0 Å². The standard InChI is InChI=1S/C14H17NOS/c1-8-2-5-12-11(6-8)13-9-3-4-10(7-9)14(13)17(16)15-12/h2,5-6,9-10,13-15H,3-4,7H2,1H3/t9-,10-,13-,14+,17+/m1/s1. The van der Waals surface area contributed by atoms with Crippen molar-refractivity contribution in [2.75, 3.05) is 4.72 Å². The Hall–Kier alpha value is -0.830. The van der Waals surface area contributed by atoms with Crippen LogP contribution >= 0.6 is 0 Å². The summed E-state index contributed by atoms with van der Waals surface area (Å²) in [7, 11) is -0.863. The molecule has 3 heteroatoms. The fraction of sp³-hybridized carbons (Fsp3) is 0.571. The zero-order valence-electron chi connectivity index (χ0n) is 9.98. The molecule has 0 aromatic heterocycles. The van der Waals surface area contributed by atoms with Crippen molar-refractivity contribution in [1.29, 1.82) is 0 Å². The van der Waals surface area contributed by atoms with Crippen molar-refractivity contribution in [2.24, 2.45) is 11.8 Å². The molecule has 0 amide bonds. The molecule has 3 aliphatic rings. The molecule has 2 saturated carbocycles. The van der Waals surface area contributed by atoms with E-state index in [1.165, 1.54) is 30.4 Å². The van der Waals surface area contributed by atoms with Crippen LogP contribution in [-0.4, -0.2) is 9.46 Å². The zero-order valence-corrected chi connectivity index (χ0v) is 10.8. The third-order valence-electron chi connectivity index (χ3n) is 4.86. The molecule has 1 aromatic rings. The fourth-order valence-electron chi connectivity index (χ4n) is 4.20. The molecule has 2 aliphatic carbocycles. The molecule has 1 aliphatic heterocycles. The van der Waals surface area contributed by atoms with Gasteiger partial charge in [-0.25, -0.2) is 4.21 Å². The molecule has 0 saturated heterocycles. The molecule has 2 fully saturated rings. The van der Waals surface area contributed by atoms with Gasteiger partial charge in [0.05, 0.1) is 5.25 Å². The molecule has 1 N–H and O–H groups in total. The molecule has 1 aromatic carbocycles. The Morgan fingerprint density at radius 3 is 3.00 bits per heavy atom. The highest BCUT2D eigenvalue weighted by atomic mass is 32.2. The maximum absolute atomic E-state index is 12.3. The summed E-state index contributed by atoms with van der Waals surface area (Å²) in [5, 5.41) is 0.378. The predicted octanol–water partition coefficient (Wildman–Crippen LogP) is 2.97. The van der Waals surface area contributed by atoms with Gasteiger partial charge >= 0.3 is 0 Å². The second kappa shape index (κ2) is 3.35. The zero-order chi connectivity index (χ0) is 11.6. The third kappa shape index (κ3) is 1.29. The monoisotopic (exact) mass is 247 g/mol. The van der Waals surface area contributed by atoms with Crippen LogP contribution in [-0.2, 0) is 11.0 Å². The first-order valence-electron chi connectivity index (χ1n) is 6.52. The Kier molecular flexibility index (Phi) is 1.99. The largest absolute Gasteiger partial charge is 0.305 e. The normalized spacial score (nSPS) is 41.8. The lowest BCUT2D eigenvalue weighted by atomic mass is 9.81. The smallest absolute Gasteiger partial charge is 0.121 e. The van der Waals surface area contributed by atoms with E-state index in [2.05, 4.69) is 29.8 Å². The third-order valence-corrected chi connectivity index (χ3v) is 6.46. The van der Waals surface area contributed by atoms with Gasteiger partial charge in [-0.2, -0.15) is 0 Å². The first kappa shape index (κ1) is 10.1. The van der Waals surface area contributed by atoms with E-state index in [1.807, 2.05) is 0 Å². The highest BCUT2D eigenvalue weighted by molar-refractivity contribution is 7.87. The van der Waals surface area contributed by atoms with E-state index in [9.17, 15) is 4.21 Å². The summed E-state index contributed by atoms with van der Waals surface area (Å²) in [6.07, 6.45) is 3.94. The topological polar surface area (TPSA) is 29.1 Å². The fourth-order valence-corrected chi connectivity index (χ4v) is 5.98. The summed E-state index contributed by atoms with van der Waals surface area (Å²) in [6.45, 7) is 2.15. The molecule has 0 spiro atoms. The summed E-state index contributed by atoms with van der Waals surface area (Å²) in [5.41, 5.74) is 3.87. The Morgan fingerprint density at radius 1 is 1.29 bits per heavy atom. The van der Waals surface area contributed by atoms with Gasteiger partial charge in [-0.3, -0.25) is 0 Å². The van der Waals surface area contributed by atoms with Crippen molar-refractivity contribution in [3.05, 3.63) is 29.3 Å². The summed E-state index contributed by atoms with van der Waals surface area (Å²) in [4.78, 5) is 0. The highest BCUT2D eigenvalue weighted by Crippen LogP contribution is 2.57. The predicted molar refractivity (Wildman–Crippen MR) is 70.3 cm³/mol. The van der Waals surface area contributed by atoms with E-state index in [1.54, 1.807) is 0 Å². The van der Waals surface area contributed by atoms with E-state index in [4.69, 9.17) is 0 Å². The van der Waals surface area contributed by atoms with Crippen LogP contribution in [0.15, 0.2) is 18.2 Å². The first-order chi connectivity index (χ1) is 8.24. The SMILES string of the molecule is Cc1ccc2c(c1)[C@H]1[C@@H]3CC[C@H](C3)[C@@H]1[S@](=O)N2. The van der Waals surface area contributed by atoms with Crippen molar-refractivity contribution in [1.82, 2.24) is 0 Å². The minimum atomic E-state index is -0.863. The molecule has 4 rings (SSSR count). The molecule has 0 radical (unpaired) electrons. The van der Waals surface area contributed by atoms with Gasteiger partial charge < -0.3 is 4.72 Å². The highest BCUT2D eigenvalue weighted by Gasteiger charge is 2.53. The number of benzene rings is 1. The molecule has 17 heavy (non-hydrogen) atoms. The van der Waals surface area contributed by atoms with Crippen LogP contribution in [0.4, 0.5) is 5.69 Å². The van der Waals surface area contributed by atoms with Crippen LogP contribution in [0.25, 0.3) is 0 Å². The van der Waals surface area contributed by atoms with Crippen LogP contribution in [0.2, 0.25) is 0 Å². The Morgan fingerprint density at radius 2 is 2.12 bits per heavy atom. The van der Waals surface area contributed by atoms with Gasteiger partial charge in [-0.15, -0.1) is 0 Å². The van der Waals surface area contributed by atoms with Gasteiger partial charge in [0, 0.05) is 11.6 Å². The van der Waals surface area contributed by atoms with Gasteiger partial charge in [0.15, 0.2) is 0 Å². The van der Waals surface area contributed by atoms with Crippen LogP contribution in [0.5, 0.6) is 0 Å². The van der Waals surface area contributed by atoms with Crippen LogP contribution < -0.4 is 4.72 Å². The Labute approximate surface area is 104 Å². The molecule has 0 unspecified atom stereocenters. The molecule has 1 heterocycles. The molecule has 2 nitrogen and oxygen atoms in total. The van der Waals surface area contributed by atoms with Gasteiger partial charge in [0.2, 0.25) is 0 Å². The van der Waals surface area contributed by atoms with Crippen LogP contribution in [0.3, 0.4) is 0 Å². The number of nitrogens with one attached hydrogen (secondary N) is 1. The Bertz CT molecular complexity index is 513. The van der Waals surface area contributed by atoms with Crippen LogP contribution in [0, 0.1) is 18.8 Å². The lowest BCUT2D eigenvalue weighted by Gasteiger charge is -2.36. The summed E-state index contributed by atoms with van der Waals surface area (Å²) in [5.74, 6) is 2.05. The van der Waals surface area contributed by atoms with Gasteiger partial charge in [-0.1, -0.05) is 17.7 Å². The van der Waals surface area contributed by atoms with Crippen molar-refractivity contribution < 1.29 is 4.21 Å². The quantitative estimate of drug-likeness (QED) is 0.750. The average molecular weight is 247 g/mol. The maximum Gasteiger partial charge on any atom is 0.121 e. The van der Waals surface area contributed by atoms with Gasteiger partial charge in [-0.05, 0) is 49.7 Å². The molecular formula is C14H17NOS. The number of rotatable bonds is 0. The summed E-state index contributed by atoms with van der Waals surface area (Å²) >= 11 is 0. The van der Waals surface area contributed by atoms with E-state index in [0.29, 0.717) is 17.1 Å². The average Bonchev–Trinajstić information content (AvgIpc) is 2.91. The lowest BCUT2D eigenvalue weighted by molar-refractivity contribution is 0.422. The number of hydrogen-bond donors (Lipinski definition) is 1. The minimum Gasteiger partial charge on any atom is -0.305 e. The van der Waals surface area contributed by atoms with E-state index >= 15 is 0 Å². The summed E-state index contributed by atoms with van der Waals surface area (Å²) in [6, 6.07) is 6.51. The molecular weight excluding hydrogens is 230 g/mol. The van der Waals surface area contributed by atoms with Gasteiger partial charge in [0.25, 0.3) is 0 Å². The minimum absolute atomic E-state index is 0.378. The number of anilines is 1. The maximum atomic E-state index is 12.3. The molecule has 2 bridgehead atoms. The number of hydrogen-bond acceptors (Lipinski definition) is 1. The summed E-state index contributed by atoms with van der Waals surface area (Å²) < 4.78 is 15.5. The van der Waals surface area contributed by atoms with Crippen molar-refractivity contribution in [2.45, 2.75) is 37.4 Å².